The highest BCUT2D eigenvalue weighted by atomic mass is 32.2. The Morgan fingerprint density at radius 1 is 1.21 bits per heavy atom. The molecule has 4 nitrogen and oxygen atoms in total. The molecule has 0 aliphatic carbocycles. The van der Waals surface area contributed by atoms with Crippen LogP contribution in [0.1, 0.15) is 58.9 Å². The van der Waals surface area contributed by atoms with Gasteiger partial charge in [-0.05, 0) is 54.4 Å². The summed E-state index contributed by atoms with van der Waals surface area (Å²) in [4.78, 5) is 0.386. The summed E-state index contributed by atoms with van der Waals surface area (Å²) in [5, 5.41) is 0. The quantitative estimate of drug-likeness (QED) is 0.767. The van der Waals surface area contributed by atoms with E-state index in [0.29, 0.717) is 36.4 Å². The highest BCUT2D eigenvalue weighted by Crippen LogP contribution is 2.32. The summed E-state index contributed by atoms with van der Waals surface area (Å²) in [6.45, 7) is 12.3. The Morgan fingerprint density at radius 2 is 1.83 bits per heavy atom. The van der Waals surface area contributed by atoms with Crippen LogP contribution in [0.25, 0.3) is 0 Å². The Morgan fingerprint density at radius 3 is 2.38 bits per heavy atom. The number of benzene rings is 1. The Hall–Kier alpha value is -1.07. The average molecular weight is 354 g/mol. The van der Waals surface area contributed by atoms with Crippen LogP contribution in [0.5, 0.6) is 5.75 Å². The number of ether oxygens (including phenoxy) is 1. The summed E-state index contributed by atoms with van der Waals surface area (Å²) in [6, 6.07) is 5.31. The van der Waals surface area contributed by atoms with Gasteiger partial charge in [0.25, 0.3) is 0 Å². The molecule has 1 heterocycles. The molecule has 0 aromatic heterocycles. The van der Waals surface area contributed by atoms with Crippen LogP contribution in [0.15, 0.2) is 23.1 Å². The average Bonchev–Trinajstić information content (AvgIpc) is 2.51. The number of rotatable bonds is 6. The van der Waals surface area contributed by atoms with Crippen LogP contribution in [0.3, 0.4) is 0 Å². The standard InChI is InChI=1S/C19H31NO3S/c1-6-9-23-19-8-7-17(11-18(19)14(2)3)24(21,22)20-12-15(4)10-16(5)13-20/h7-8,11,14-16H,6,9-10,12-13H2,1-5H3/t15-,16-/m0/s1. The minimum absolute atomic E-state index is 0.214. The smallest absolute Gasteiger partial charge is 0.243 e. The maximum Gasteiger partial charge on any atom is 0.243 e. The van der Waals surface area contributed by atoms with Crippen molar-refractivity contribution in [2.75, 3.05) is 19.7 Å². The summed E-state index contributed by atoms with van der Waals surface area (Å²) in [7, 11) is -3.44. The molecule has 1 saturated heterocycles. The van der Waals surface area contributed by atoms with Gasteiger partial charge in [-0.15, -0.1) is 0 Å². The number of piperidine rings is 1. The molecule has 0 amide bonds. The summed E-state index contributed by atoms with van der Waals surface area (Å²) >= 11 is 0. The molecule has 24 heavy (non-hydrogen) atoms. The molecule has 0 saturated carbocycles. The van der Waals surface area contributed by atoms with Crippen molar-refractivity contribution in [1.82, 2.24) is 4.31 Å². The van der Waals surface area contributed by atoms with E-state index in [9.17, 15) is 8.42 Å². The molecule has 2 atom stereocenters. The fourth-order valence-electron chi connectivity index (χ4n) is 3.43. The van der Waals surface area contributed by atoms with E-state index in [4.69, 9.17) is 4.74 Å². The third kappa shape index (κ3) is 4.31. The molecule has 0 N–H and O–H groups in total. The van der Waals surface area contributed by atoms with Gasteiger partial charge in [-0.1, -0.05) is 34.6 Å². The molecule has 0 bridgehead atoms. The lowest BCUT2D eigenvalue weighted by Crippen LogP contribution is -2.42. The first kappa shape index (κ1) is 19.3. The van der Waals surface area contributed by atoms with Crippen LogP contribution in [-0.4, -0.2) is 32.4 Å². The van der Waals surface area contributed by atoms with Crippen molar-refractivity contribution in [2.24, 2.45) is 11.8 Å². The molecule has 1 aromatic carbocycles. The van der Waals surface area contributed by atoms with Crippen LogP contribution < -0.4 is 4.74 Å². The monoisotopic (exact) mass is 353 g/mol. The summed E-state index contributed by atoms with van der Waals surface area (Å²) in [5.41, 5.74) is 0.961. The van der Waals surface area contributed by atoms with E-state index in [2.05, 4.69) is 34.6 Å². The lowest BCUT2D eigenvalue weighted by Gasteiger charge is -2.34. The van der Waals surface area contributed by atoms with Crippen molar-refractivity contribution in [1.29, 1.82) is 0 Å². The Kier molecular flexibility index (Phi) is 6.32. The van der Waals surface area contributed by atoms with Gasteiger partial charge in [-0.2, -0.15) is 4.31 Å². The largest absolute Gasteiger partial charge is 0.493 e. The first-order valence-corrected chi connectivity index (χ1v) is 10.5. The van der Waals surface area contributed by atoms with Crippen LogP contribution in [0, 0.1) is 11.8 Å². The summed E-state index contributed by atoms with van der Waals surface area (Å²) in [5.74, 6) is 1.82. The normalized spacial score (nSPS) is 22.8. The molecule has 1 aromatic rings. The molecule has 1 aliphatic rings. The maximum atomic E-state index is 13.1. The van der Waals surface area contributed by atoms with Crippen LogP contribution in [-0.2, 0) is 10.0 Å². The Balaban J connectivity index is 2.34. The van der Waals surface area contributed by atoms with Gasteiger partial charge >= 0.3 is 0 Å². The minimum Gasteiger partial charge on any atom is -0.493 e. The zero-order chi connectivity index (χ0) is 17.9. The molecule has 1 aliphatic heterocycles. The van der Waals surface area contributed by atoms with Gasteiger partial charge in [0, 0.05) is 13.1 Å². The number of hydrogen-bond donors (Lipinski definition) is 0. The lowest BCUT2D eigenvalue weighted by atomic mass is 9.94. The fourth-order valence-corrected chi connectivity index (χ4v) is 5.15. The maximum absolute atomic E-state index is 13.1. The van der Waals surface area contributed by atoms with Gasteiger partial charge in [0.15, 0.2) is 0 Å². The van der Waals surface area contributed by atoms with Crippen molar-refractivity contribution in [3.05, 3.63) is 23.8 Å². The van der Waals surface area contributed by atoms with Gasteiger partial charge in [0.2, 0.25) is 10.0 Å². The van der Waals surface area contributed by atoms with E-state index >= 15 is 0 Å². The molecule has 5 heteroatoms. The van der Waals surface area contributed by atoms with E-state index in [1.807, 2.05) is 6.07 Å². The van der Waals surface area contributed by atoms with Gasteiger partial charge in [0.1, 0.15) is 5.75 Å². The number of nitrogens with zero attached hydrogens (tertiary/aromatic N) is 1. The second-order valence-electron chi connectivity index (χ2n) is 7.47. The molecule has 1 fully saturated rings. The van der Waals surface area contributed by atoms with Gasteiger partial charge in [0.05, 0.1) is 11.5 Å². The molecule has 0 unspecified atom stereocenters. The predicted molar refractivity (Wildman–Crippen MR) is 98.0 cm³/mol. The highest BCUT2D eigenvalue weighted by Gasteiger charge is 2.32. The zero-order valence-electron chi connectivity index (χ0n) is 15.6. The zero-order valence-corrected chi connectivity index (χ0v) is 16.4. The molecular weight excluding hydrogens is 322 g/mol. The van der Waals surface area contributed by atoms with E-state index in [-0.39, 0.29) is 5.92 Å². The summed E-state index contributed by atoms with van der Waals surface area (Å²) < 4.78 is 33.6. The third-order valence-electron chi connectivity index (χ3n) is 4.54. The van der Waals surface area contributed by atoms with Gasteiger partial charge in [-0.3, -0.25) is 0 Å². The SMILES string of the molecule is CCCOc1ccc(S(=O)(=O)N2C[C@@H](C)C[C@H](C)C2)cc1C(C)C. The Labute approximate surface area is 147 Å². The van der Waals surface area contributed by atoms with Gasteiger partial charge in [-0.25, -0.2) is 8.42 Å². The molecule has 2 rings (SSSR count). The molecule has 0 radical (unpaired) electrons. The fraction of sp³-hybridized carbons (Fsp3) is 0.684. The minimum atomic E-state index is -3.44. The second kappa shape index (κ2) is 7.87. The second-order valence-corrected chi connectivity index (χ2v) is 9.41. The van der Waals surface area contributed by atoms with Crippen molar-refractivity contribution in [3.63, 3.8) is 0 Å². The predicted octanol–water partition coefficient (Wildman–Crippen LogP) is 4.27. The number of sulfonamides is 1. The first-order valence-electron chi connectivity index (χ1n) is 9.02. The van der Waals surface area contributed by atoms with Crippen LogP contribution in [0.2, 0.25) is 0 Å². The Bertz CT molecular complexity index is 645. The summed E-state index contributed by atoms with van der Waals surface area (Å²) in [6.07, 6.45) is 2.02. The molecular formula is C19H31NO3S. The lowest BCUT2D eigenvalue weighted by molar-refractivity contribution is 0.222. The number of hydrogen-bond acceptors (Lipinski definition) is 3. The molecule has 0 spiro atoms. The van der Waals surface area contributed by atoms with Crippen molar-refractivity contribution >= 4 is 10.0 Å². The van der Waals surface area contributed by atoms with Crippen molar-refractivity contribution in [2.45, 2.75) is 58.3 Å². The third-order valence-corrected chi connectivity index (χ3v) is 6.37. The van der Waals surface area contributed by atoms with Crippen molar-refractivity contribution < 1.29 is 13.2 Å². The topological polar surface area (TPSA) is 46.6 Å². The van der Waals surface area contributed by atoms with Gasteiger partial charge < -0.3 is 4.74 Å². The first-order chi connectivity index (χ1) is 11.3. The highest BCUT2D eigenvalue weighted by molar-refractivity contribution is 7.89. The van der Waals surface area contributed by atoms with Crippen LogP contribution in [0.4, 0.5) is 0 Å². The van der Waals surface area contributed by atoms with Crippen molar-refractivity contribution in [3.8, 4) is 5.75 Å². The van der Waals surface area contributed by atoms with E-state index in [0.717, 1.165) is 24.2 Å². The van der Waals surface area contributed by atoms with E-state index in [1.54, 1.807) is 16.4 Å². The van der Waals surface area contributed by atoms with E-state index < -0.39 is 10.0 Å². The molecule has 136 valence electrons. The van der Waals surface area contributed by atoms with E-state index in [1.165, 1.54) is 0 Å². The van der Waals surface area contributed by atoms with Crippen LogP contribution >= 0.6 is 0 Å².